The van der Waals surface area contributed by atoms with Crippen molar-refractivity contribution in [3.05, 3.63) is 117 Å². The van der Waals surface area contributed by atoms with Gasteiger partial charge in [-0.15, -0.1) is 11.3 Å². The van der Waals surface area contributed by atoms with Crippen molar-refractivity contribution in [2.24, 2.45) is 0 Å². The molecular formula is C28H21ClF3N3O4S2. The Kier molecular flexibility index (Phi) is 7.55. The number of halogens is 4. The van der Waals surface area contributed by atoms with Crippen LogP contribution in [0.25, 0.3) is 21.3 Å². The molecule has 0 radical (unpaired) electrons. The van der Waals surface area contributed by atoms with Crippen LogP contribution in [0.3, 0.4) is 0 Å². The number of aromatic amines is 1. The maximum atomic E-state index is 13.5. The second-order valence-electron chi connectivity index (χ2n) is 9.34. The van der Waals surface area contributed by atoms with Gasteiger partial charge in [-0.25, -0.2) is 8.42 Å². The molecule has 212 valence electrons. The van der Waals surface area contributed by atoms with E-state index in [9.17, 15) is 31.5 Å². The van der Waals surface area contributed by atoms with Gasteiger partial charge in [0, 0.05) is 38.6 Å². The molecule has 0 aliphatic carbocycles. The van der Waals surface area contributed by atoms with E-state index in [0.717, 1.165) is 18.3 Å². The van der Waals surface area contributed by atoms with E-state index in [1.807, 2.05) is 0 Å². The summed E-state index contributed by atoms with van der Waals surface area (Å²) in [4.78, 5) is 18.5. The Morgan fingerprint density at radius 3 is 2.49 bits per heavy atom. The zero-order valence-corrected chi connectivity index (χ0v) is 23.5. The third kappa shape index (κ3) is 5.66. The molecule has 3 N–H and O–H groups in total. The number of nitrogens with one attached hydrogen (secondary N) is 2. The van der Waals surface area contributed by atoms with E-state index in [2.05, 4.69) is 14.7 Å². The first kappa shape index (κ1) is 29.0. The van der Waals surface area contributed by atoms with Crippen molar-refractivity contribution in [3.8, 4) is 11.3 Å². The Balaban J connectivity index is 1.63. The predicted octanol–water partition coefficient (Wildman–Crippen LogP) is 6.14. The van der Waals surface area contributed by atoms with Gasteiger partial charge in [-0.05, 0) is 53.8 Å². The summed E-state index contributed by atoms with van der Waals surface area (Å²) >= 11 is 7.70. The highest BCUT2D eigenvalue weighted by molar-refractivity contribution is 7.89. The van der Waals surface area contributed by atoms with Crippen LogP contribution < -0.4 is 10.3 Å². The molecule has 0 fully saturated rings. The third-order valence-corrected chi connectivity index (χ3v) is 9.57. The first-order valence-corrected chi connectivity index (χ1v) is 14.7. The van der Waals surface area contributed by atoms with Crippen molar-refractivity contribution in [1.29, 1.82) is 0 Å². The minimum Gasteiger partial charge on any atom is -0.376 e. The van der Waals surface area contributed by atoms with Gasteiger partial charge in [0.15, 0.2) is 5.60 Å². The maximum absolute atomic E-state index is 13.5. The second kappa shape index (κ2) is 10.7. The lowest BCUT2D eigenvalue weighted by molar-refractivity contribution is -0.258. The molecule has 0 aliphatic rings. The van der Waals surface area contributed by atoms with Crippen LogP contribution in [0.15, 0.2) is 94.9 Å². The Bertz CT molecular complexity index is 1900. The summed E-state index contributed by atoms with van der Waals surface area (Å²) in [6.07, 6.45) is -2.62. The van der Waals surface area contributed by atoms with Crippen LogP contribution in [0.4, 0.5) is 13.2 Å². The summed E-state index contributed by atoms with van der Waals surface area (Å²) < 4.78 is 70.5. The summed E-state index contributed by atoms with van der Waals surface area (Å²) in [7, 11) is -4.14. The molecule has 0 aliphatic heterocycles. The predicted molar refractivity (Wildman–Crippen MR) is 151 cm³/mol. The van der Waals surface area contributed by atoms with Gasteiger partial charge in [-0.3, -0.25) is 9.78 Å². The van der Waals surface area contributed by atoms with Crippen molar-refractivity contribution in [2.75, 3.05) is 0 Å². The lowest BCUT2D eigenvalue weighted by Gasteiger charge is -2.26. The molecule has 0 spiro atoms. The van der Waals surface area contributed by atoms with Crippen LogP contribution in [0, 0.1) is 0 Å². The van der Waals surface area contributed by atoms with Gasteiger partial charge >= 0.3 is 6.18 Å². The fraction of sp³-hybridized carbons (Fsp3) is 0.143. The first-order valence-electron chi connectivity index (χ1n) is 12.0. The van der Waals surface area contributed by atoms with E-state index in [-0.39, 0.29) is 16.2 Å². The lowest BCUT2D eigenvalue weighted by Crippen LogP contribution is -2.39. The van der Waals surface area contributed by atoms with Gasteiger partial charge in [0.25, 0.3) is 0 Å². The number of sulfonamides is 1. The zero-order chi connectivity index (χ0) is 29.6. The summed E-state index contributed by atoms with van der Waals surface area (Å²) in [5, 5.41) is 11.2. The minimum absolute atomic E-state index is 0.159. The second-order valence-corrected chi connectivity index (χ2v) is 12.5. The van der Waals surface area contributed by atoms with Gasteiger partial charge in [-0.2, -0.15) is 17.9 Å². The number of rotatable bonds is 7. The van der Waals surface area contributed by atoms with Crippen LogP contribution in [0.2, 0.25) is 5.02 Å². The molecule has 5 rings (SSSR count). The first-order chi connectivity index (χ1) is 19.3. The molecule has 7 nitrogen and oxygen atoms in total. The van der Waals surface area contributed by atoms with E-state index in [4.69, 9.17) is 11.6 Å². The molecule has 0 bridgehead atoms. The van der Waals surface area contributed by atoms with Crippen molar-refractivity contribution in [1.82, 2.24) is 14.7 Å². The zero-order valence-electron chi connectivity index (χ0n) is 21.1. The largest absolute Gasteiger partial charge is 0.421 e. The fourth-order valence-corrected chi connectivity index (χ4v) is 6.98. The van der Waals surface area contributed by atoms with Gasteiger partial charge in [-0.1, -0.05) is 48.0 Å². The normalized spacial score (nSPS) is 14.6. The number of hydrogen-bond donors (Lipinski definition) is 3. The average molecular weight is 620 g/mol. The molecule has 41 heavy (non-hydrogen) atoms. The number of thiophene rings is 1. The van der Waals surface area contributed by atoms with Gasteiger partial charge in [0.05, 0.1) is 16.6 Å². The number of alkyl halides is 3. The Morgan fingerprint density at radius 2 is 1.80 bits per heavy atom. The molecule has 0 unspecified atom stereocenters. The number of pyridine rings is 2. The molecule has 2 atom stereocenters. The van der Waals surface area contributed by atoms with Crippen LogP contribution in [-0.2, 0) is 15.6 Å². The molecule has 0 saturated carbocycles. The number of nitrogens with zero attached hydrogens (tertiary/aromatic N) is 1. The monoisotopic (exact) mass is 619 g/mol. The number of aromatic nitrogens is 2. The van der Waals surface area contributed by atoms with Crippen LogP contribution >= 0.6 is 22.9 Å². The molecule has 5 aromatic rings. The number of fused-ring (bicyclic) bond motifs is 1. The molecular weight excluding hydrogens is 599 g/mol. The van der Waals surface area contributed by atoms with E-state index in [1.165, 1.54) is 29.7 Å². The van der Waals surface area contributed by atoms with Gasteiger partial charge in [0.1, 0.15) is 0 Å². The van der Waals surface area contributed by atoms with E-state index < -0.39 is 33.4 Å². The van der Waals surface area contributed by atoms with Crippen molar-refractivity contribution >= 4 is 43.0 Å². The molecule has 2 aromatic carbocycles. The Morgan fingerprint density at radius 1 is 1.05 bits per heavy atom. The quantitative estimate of drug-likeness (QED) is 0.203. The smallest absolute Gasteiger partial charge is 0.376 e. The van der Waals surface area contributed by atoms with E-state index in [0.29, 0.717) is 38.0 Å². The Labute approximate surface area is 241 Å². The van der Waals surface area contributed by atoms with Crippen LogP contribution in [0.5, 0.6) is 0 Å². The number of hydrogen-bond acceptors (Lipinski definition) is 6. The van der Waals surface area contributed by atoms with E-state index >= 15 is 0 Å². The average Bonchev–Trinajstić information content (AvgIpc) is 3.36. The molecule has 0 amide bonds. The van der Waals surface area contributed by atoms with Crippen molar-refractivity contribution in [2.45, 2.75) is 29.6 Å². The summed E-state index contributed by atoms with van der Waals surface area (Å²) in [5.41, 5.74) is -2.75. The Hall–Kier alpha value is -3.55. The lowest BCUT2D eigenvalue weighted by atomic mass is 9.94. The highest BCUT2D eigenvalue weighted by Gasteiger charge is 2.51. The molecule has 3 aromatic heterocycles. The number of aliphatic hydroxyl groups is 1. The number of H-pyrrole nitrogens is 1. The molecule has 3 heterocycles. The summed E-state index contributed by atoms with van der Waals surface area (Å²) in [6.45, 7) is 0.679. The highest BCUT2D eigenvalue weighted by atomic mass is 35.5. The van der Waals surface area contributed by atoms with Crippen molar-refractivity contribution < 1.29 is 26.7 Å². The topological polar surface area (TPSA) is 112 Å². The van der Waals surface area contributed by atoms with Crippen LogP contribution in [0.1, 0.15) is 29.0 Å². The number of benzene rings is 2. The standard InChI is InChI=1S/C28H21ClF3N3O4S2/c1-27(37,28(30,31)32)17-11-12-33-22(14-17)20-7-4-5-16-13-23(40-26(16)20)25(19-6-2-3-8-21(19)29)35-41(38,39)18-9-10-24(36)34-15-18/h2-15,25,35,37H,1H3,(H,34,36)/t25-,27-/m1/s1. The summed E-state index contributed by atoms with van der Waals surface area (Å²) in [6, 6.07) is 17.3. The fourth-order valence-electron chi connectivity index (χ4n) is 4.24. The molecule has 0 saturated heterocycles. The SMILES string of the molecule is C[C@@](O)(c1ccnc(-c2cccc3cc([C@H](NS(=O)(=O)c4ccc(=O)[nH]c4)c4ccccc4Cl)sc23)c1)C(F)(F)F. The van der Waals surface area contributed by atoms with Gasteiger partial charge in [0.2, 0.25) is 15.6 Å². The minimum atomic E-state index is -4.90. The van der Waals surface area contributed by atoms with Crippen LogP contribution in [-0.4, -0.2) is 29.7 Å². The van der Waals surface area contributed by atoms with Crippen molar-refractivity contribution in [3.63, 3.8) is 0 Å². The maximum Gasteiger partial charge on any atom is 0.421 e. The third-order valence-electron chi connectivity index (χ3n) is 6.55. The van der Waals surface area contributed by atoms with Gasteiger partial charge < -0.3 is 10.1 Å². The molecule has 13 heteroatoms. The summed E-state index contributed by atoms with van der Waals surface area (Å²) in [5.74, 6) is 0. The highest BCUT2D eigenvalue weighted by Crippen LogP contribution is 2.42. The van der Waals surface area contributed by atoms with E-state index in [1.54, 1.807) is 48.5 Å².